The molecule has 128 valence electrons. The van der Waals surface area contributed by atoms with E-state index in [-0.39, 0.29) is 11.8 Å². The van der Waals surface area contributed by atoms with E-state index in [0.29, 0.717) is 39.0 Å². The first-order valence-electron chi connectivity index (χ1n) is 8.51. The van der Waals surface area contributed by atoms with Gasteiger partial charge in [-0.1, -0.05) is 33.8 Å². The van der Waals surface area contributed by atoms with Crippen LogP contribution < -0.4 is 10.6 Å². The molecule has 0 saturated carbocycles. The zero-order valence-corrected chi connectivity index (χ0v) is 14.5. The molecule has 2 amide bonds. The van der Waals surface area contributed by atoms with Gasteiger partial charge in [-0.25, -0.2) is 0 Å². The number of amides is 2. The van der Waals surface area contributed by atoms with Crippen molar-refractivity contribution in [2.75, 3.05) is 26.2 Å². The number of nitrogens with zero attached hydrogens (tertiary/aromatic N) is 1. The molecule has 0 bridgehead atoms. The minimum Gasteiger partial charge on any atom is -0.387 e. The van der Waals surface area contributed by atoms with Crippen molar-refractivity contribution in [2.45, 2.75) is 59.3 Å². The minimum atomic E-state index is 0.0554. The van der Waals surface area contributed by atoms with Crippen LogP contribution in [0.2, 0.25) is 0 Å². The van der Waals surface area contributed by atoms with Crippen LogP contribution in [0.1, 0.15) is 59.3 Å². The van der Waals surface area contributed by atoms with E-state index in [0.717, 1.165) is 31.4 Å². The third kappa shape index (κ3) is 10.2. The third-order valence-corrected chi connectivity index (χ3v) is 3.31. The van der Waals surface area contributed by atoms with E-state index in [1.54, 1.807) is 0 Å². The van der Waals surface area contributed by atoms with E-state index in [9.17, 15) is 9.59 Å². The van der Waals surface area contributed by atoms with Crippen molar-refractivity contribution >= 4 is 11.8 Å². The predicted molar refractivity (Wildman–Crippen MR) is 91.5 cm³/mol. The fraction of sp³-hybridized carbons (Fsp3) is 0.765. The van der Waals surface area contributed by atoms with Crippen molar-refractivity contribution in [1.82, 2.24) is 15.5 Å². The standard InChI is InChI=1S/C17H33N3O2/c1-5-8-15(4)18-11-13-20(17(22)10-7-3)14-12-19-16(21)9-6-2/h18H,4-14H2,1-3H3,(H,19,21). The summed E-state index contributed by atoms with van der Waals surface area (Å²) in [7, 11) is 0. The molecule has 0 aliphatic carbocycles. The summed E-state index contributed by atoms with van der Waals surface area (Å²) in [6.07, 6.45) is 4.80. The van der Waals surface area contributed by atoms with Gasteiger partial charge in [-0.3, -0.25) is 9.59 Å². The summed E-state index contributed by atoms with van der Waals surface area (Å²) in [6, 6.07) is 0. The van der Waals surface area contributed by atoms with Gasteiger partial charge in [0.15, 0.2) is 0 Å². The van der Waals surface area contributed by atoms with Crippen LogP contribution in [-0.2, 0) is 9.59 Å². The van der Waals surface area contributed by atoms with Crippen molar-refractivity contribution in [1.29, 1.82) is 0 Å². The van der Waals surface area contributed by atoms with Gasteiger partial charge < -0.3 is 15.5 Å². The Kier molecular flexibility index (Phi) is 12.3. The van der Waals surface area contributed by atoms with E-state index in [1.807, 2.05) is 18.7 Å². The largest absolute Gasteiger partial charge is 0.387 e. The van der Waals surface area contributed by atoms with Crippen molar-refractivity contribution < 1.29 is 9.59 Å². The summed E-state index contributed by atoms with van der Waals surface area (Å²) in [5, 5.41) is 6.11. The van der Waals surface area contributed by atoms with Crippen LogP contribution in [0.5, 0.6) is 0 Å². The Labute approximate surface area is 135 Å². The Bertz CT molecular complexity index is 319. The van der Waals surface area contributed by atoms with Crippen LogP contribution in [0.25, 0.3) is 0 Å². The summed E-state index contributed by atoms with van der Waals surface area (Å²) in [5.74, 6) is 0.204. The average molecular weight is 311 g/mol. The normalized spacial score (nSPS) is 10.1. The minimum absolute atomic E-state index is 0.0554. The Hall–Kier alpha value is -1.52. The van der Waals surface area contributed by atoms with Gasteiger partial charge >= 0.3 is 0 Å². The molecular formula is C17H33N3O2. The molecule has 0 rings (SSSR count). The fourth-order valence-electron chi connectivity index (χ4n) is 2.14. The second-order valence-corrected chi connectivity index (χ2v) is 5.51. The summed E-state index contributed by atoms with van der Waals surface area (Å²) in [4.78, 5) is 25.4. The maximum absolute atomic E-state index is 12.1. The van der Waals surface area contributed by atoms with Gasteiger partial charge in [-0.05, 0) is 19.3 Å². The van der Waals surface area contributed by atoms with Crippen molar-refractivity contribution in [2.24, 2.45) is 0 Å². The average Bonchev–Trinajstić information content (AvgIpc) is 2.46. The zero-order valence-electron chi connectivity index (χ0n) is 14.5. The lowest BCUT2D eigenvalue weighted by atomic mass is 10.2. The second-order valence-electron chi connectivity index (χ2n) is 5.51. The van der Waals surface area contributed by atoms with E-state index in [1.165, 1.54) is 0 Å². The lowest BCUT2D eigenvalue weighted by Crippen LogP contribution is -2.41. The van der Waals surface area contributed by atoms with Crippen LogP contribution >= 0.6 is 0 Å². The van der Waals surface area contributed by atoms with Gasteiger partial charge in [-0.15, -0.1) is 0 Å². The molecule has 0 aliphatic rings. The Morgan fingerprint density at radius 3 is 1.95 bits per heavy atom. The number of nitrogens with one attached hydrogen (secondary N) is 2. The molecule has 0 aromatic heterocycles. The number of allylic oxidation sites excluding steroid dienone is 1. The van der Waals surface area contributed by atoms with Gasteiger partial charge in [0.05, 0.1) is 0 Å². The molecule has 0 heterocycles. The maximum atomic E-state index is 12.1. The molecule has 0 saturated heterocycles. The number of carbonyl (C=O) groups is 2. The van der Waals surface area contributed by atoms with Gasteiger partial charge in [0, 0.05) is 44.7 Å². The smallest absolute Gasteiger partial charge is 0.222 e. The summed E-state index contributed by atoms with van der Waals surface area (Å²) < 4.78 is 0. The topological polar surface area (TPSA) is 61.4 Å². The predicted octanol–water partition coefficient (Wildman–Crippen LogP) is 2.43. The Morgan fingerprint density at radius 2 is 1.41 bits per heavy atom. The van der Waals surface area contributed by atoms with E-state index < -0.39 is 0 Å². The molecule has 5 heteroatoms. The molecule has 0 aromatic rings. The van der Waals surface area contributed by atoms with Gasteiger partial charge in [0.2, 0.25) is 11.8 Å². The monoisotopic (exact) mass is 311 g/mol. The van der Waals surface area contributed by atoms with E-state index >= 15 is 0 Å². The quantitative estimate of drug-likeness (QED) is 0.549. The van der Waals surface area contributed by atoms with Crippen LogP contribution in [0, 0.1) is 0 Å². The SMILES string of the molecule is C=C(CCC)NCCN(CCNC(=O)CCC)C(=O)CCC. The molecule has 0 aliphatic heterocycles. The van der Waals surface area contributed by atoms with Crippen LogP contribution in [0.15, 0.2) is 12.3 Å². The Balaban J connectivity index is 4.18. The van der Waals surface area contributed by atoms with Gasteiger partial charge in [-0.2, -0.15) is 0 Å². The fourth-order valence-corrected chi connectivity index (χ4v) is 2.14. The molecule has 0 spiro atoms. The highest BCUT2D eigenvalue weighted by Gasteiger charge is 2.12. The molecule has 2 N–H and O–H groups in total. The molecular weight excluding hydrogens is 278 g/mol. The highest BCUT2D eigenvalue weighted by atomic mass is 16.2. The number of rotatable bonds is 13. The van der Waals surface area contributed by atoms with Gasteiger partial charge in [0.25, 0.3) is 0 Å². The molecule has 0 radical (unpaired) electrons. The summed E-state index contributed by atoms with van der Waals surface area (Å²) in [6.45, 7) is 12.5. The lowest BCUT2D eigenvalue weighted by molar-refractivity contribution is -0.131. The highest BCUT2D eigenvalue weighted by molar-refractivity contribution is 5.77. The van der Waals surface area contributed by atoms with Gasteiger partial charge in [0.1, 0.15) is 0 Å². The van der Waals surface area contributed by atoms with E-state index in [4.69, 9.17) is 0 Å². The lowest BCUT2D eigenvalue weighted by Gasteiger charge is -2.23. The first kappa shape index (κ1) is 20.5. The maximum Gasteiger partial charge on any atom is 0.222 e. The van der Waals surface area contributed by atoms with Crippen molar-refractivity contribution in [3.8, 4) is 0 Å². The van der Waals surface area contributed by atoms with Crippen LogP contribution in [0.4, 0.5) is 0 Å². The zero-order chi connectivity index (χ0) is 16.8. The Morgan fingerprint density at radius 1 is 0.864 bits per heavy atom. The number of hydrogen-bond donors (Lipinski definition) is 2. The first-order valence-corrected chi connectivity index (χ1v) is 8.51. The highest BCUT2D eigenvalue weighted by Crippen LogP contribution is 1.99. The second kappa shape index (κ2) is 13.2. The molecule has 0 unspecified atom stereocenters. The first-order chi connectivity index (χ1) is 10.5. The molecule has 5 nitrogen and oxygen atoms in total. The summed E-state index contributed by atoms with van der Waals surface area (Å²) in [5.41, 5.74) is 1.02. The molecule has 0 atom stereocenters. The van der Waals surface area contributed by atoms with E-state index in [2.05, 4.69) is 24.1 Å². The van der Waals surface area contributed by atoms with Crippen molar-refractivity contribution in [3.05, 3.63) is 12.3 Å². The number of carbonyl (C=O) groups excluding carboxylic acids is 2. The molecule has 22 heavy (non-hydrogen) atoms. The van der Waals surface area contributed by atoms with Crippen LogP contribution in [0.3, 0.4) is 0 Å². The molecule has 0 aromatic carbocycles. The number of hydrogen-bond acceptors (Lipinski definition) is 3. The van der Waals surface area contributed by atoms with Crippen LogP contribution in [-0.4, -0.2) is 42.9 Å². The summed E-state index contributed by atoms with van der Waals surface area (Å²) >= 11 is 0. The third-order valence-electron chi connectivity index (χ3n) is 3.31. The van der Waals surface area contributed by atoms with Crippen molar-refractivity contribution in [3.63, 3.8) is 0 Å². The molecule has 0 fully saturated rings.